The molecule has 0 aliphatic heterocycles. The van der Waals surface area contributed by atoms with Crippen molar-refractivity contribution in [2.45, 2.75) is 44.8 Å². The summed E-state index contributed by atoms with van der Waals surface area (Å²) in [7, 11) is 0. The molecule has 0 unspecified atom stereocenters. The summed E-state index contributed by atoms with van der Waals surface area (Å²) in [6.45, 7) is 0.592. The summed E-state index contributed by atoms with van der Waals surface area (Å²) < 4.78 is 6.06. The molecule has 0 bridgehead atoms. The summed E-state index contributed by atoms with van der Waals surface area (Å²) in [5, 5.41) is 0. The van der Waals surface area contributed by atoms with Crippen molar-refractivity contribution in [3.05, 3.63) is 65.7 Å². The smallest absolute Gasteiger partial charge is 0.124 e. The van der Waals surface area contributed by atoms with Crippen LogP contribution >= 0.6 is 0 Å². The van der Waals surface area contributed by atoms with E-state index in [4.69, 9.17) is 10.5 Å². The van der Waals surface area contributed by atoms with Crippen molar-refractivity contribution >= 4 is 0 Å². The van der Waals surface area contributed by atoms with Crippen molar-refractivity contribution in [2.24, 2.45) is 11.7 Å². The molecule has 0 spiro atoms. The molecule has 0 aromatic heterocycles. The third-order valence-electron chi connectivity index (χ3n) is 4.67. The van der Waals surface area contributed by atoms with Gasteiger partial charge in [0.25, 0.3) is 0 Å². The lowest BCUT2D eigenvalue weighted by Crippen LogP contribution is -2.24. The van der Waals surface area contributed by atoms with Crippen molar-refractivity contribution < 1.29 is 4.74 Å². The highest BCUT2D eigenvalue weighted by atomic mass is 16.5. The number of hydrogen-bond acceptors (Lipinski definition) is 2. The van der Waals surface area contributed by atoms with Crippen molar-refractivity contribution in [1.29, 1.82) is 0 Å². The van der Waals surface area contributed by atoms with Crippen LogP contribution in [0.25, 0.3) is 0 Å². The molecule has 0 radical (unpaired) electrons. The van der Waals surface area contributed by atoms with E-state index in [1.54, 1.807) is 0 Å². The van der Waals surface area contributed by atoms with Gasteiger partial charge in [-0.15, -0.1) is 0 Å². The molecule has 1 saturated carbocycles. The van der Waals surface area contributed by atoms with Crippen LogP contribution in [0.2, 0.25) is 0 Å². The molecule has 2 heteroatoms. The molecule has 1 fully saturated rings. The van der Waals surface area contributed by atoms with Crippen LogP contribution in [0.5, 0.6) is 5.75 Å². The fourth-order valence-corrected chi connectivity index (χ4v) is 3.37. The second-order valence-corrected chi connectivity index (χ2v) is 6.24. The average Bonchev–Trinajstić information content (AvgIpc) is 2.61. The van der Waals surface area contributed by atoms with E-state index in [2.05, 4.69) is 24.3 Å². The van der Waals surface area contributed by atoms with E-state index >= 15 is 0 Å². The molecule has 1 aliphatic rings. The standard InChI is InChI=1S/C20H25NO/c21-20(17-11-5-2-6-12-17)18-13-7-8-14-19(18)22-15-16-9-3-1-4-10-16/h1,3-4,7-10,13-14,17,20H,2,5-6,11-12,15,21H2/t20-/m1/s1. The molecule has 1 atom stereocenters. The minimum Gasteiger partial charge on any atom is -0.489 e. The first kappa shape index (κ1) is 15.1. The van der Waals surface area contributed by atoms with Gasteiger partial charge in [-0.2, -0.15) is 0 Å². The van der Waals surface area contributed by atoms with E-state index in [1.807, 2.05) is 30.3 Å². The number of benzene rings is 2. The minimum atomic E-state index is 0.0901. The monoisotopic (exact) mass is 295 g/mol. The van der Waals surface area contributed by atoms with Gasteiger partial charge in [-0.25, -0.2) is 0 Å². The Hall–Kier alpha value is -1.80. The molecular weight excluding hydrogens is 270 g/mol. The van der Waals surface area contributed by atoms with Crippen LogP contribution in [0.15, 0.2) is 54.6 Å². The lowest BCUT2D eigenvalue weighted by atomic mass is 9.81. The highest BCUT2D eigenvalue weighted by Gasteiger charge is 2.24. The first-order valence-electron chi connectivity index (χ1n) is 8.36. The first-order chi connectivity index (χ1) is 10.8. The van der Waals surface area contributed by atoms with Gasteiger partial charge in [0, 0.05) is 11.6 Å². The van der Waals surface area contributed by atoms with E-state index < -0.39 is 0 Å². The molecule has 2 N–H and O–H groups in total. The SMILES string of the molecule is N[C@@H](c1ccccc1OCc1ccccc1)C1CCCCC1. The zero-order chi connectivity index (χ0) is 15.2. The van der Waals surface area contributed by atoms with Gasteiger partial charge in [0.05, 0.1) is 0 Å². The van der Waals surface area contributed by atoms with Crippen LogP contribution in [0.4, 0.5) is 0 Å². The molecule has 2 aromatic rings. The van der Waals surface area contributed by atoms with Crippen LogP contribution in [-0.4, -0.2) is 0 Å². The second-order valence-electron chi connectivity index (χ2n) is 6.24. The normalized spacial score (nSPS) is 17.1. The van der Waals surface area contributed by atoms with E-state index in [9.17, 15) is 0 Å². The largest absolute Gasteiger partial charge is 0.489 e. The summed E-state index contributed by atoms with van der Waals surface area (Å²) in [6.07, 6.45) is 6.47. The van der Waals surface area contributed by atoms with Crippen molar-refractivity contribution in [3.63, 3.8) is 0 Å². The molecule has 3 rings (SSSR count). The Labute approximate surface area is 133 Å². The van der Waals surface area contributed by atoms with Gasteiger partial charge in [0.2, 0.25) is 0 Å². The average molecular weight is 295 g/mol. The van der Waals surface area contributed by atoms with Gasteiger partial charge >= 0.3 is 0 Å². The lowest BCUT2D eigenvalue weighted by Gasteiger charge is -2.28. The van der Waals surface area contributed by atoms with Crippen LogP contribution < -0.4 is 10.5 Å². The zero-order valence-corrected chi connectivity index (χ0v) is 13.1. The summed E-state index contributed by atoms with van der Waals surface area (Å²) in [4.78, 5) is 0. The fraction of sp³-hybridized carbons (Fsp3) is 0.400. The Morgan fingerprint density at radius 3 is 2.36 bits per heavy atom. The second kappa shape index (κ2) is 7.46. The third kappa shape index (κ3) is 3.69. The van der Waals surface area contributed by atoms with Gasteiger partial charge < -0.3 is 10.5 Å². The maximum atomic E-state index is 6.56. The lowest BCUT2D eigenvalue weighted by molar-refractivity contribution is 0.279. The first-order valence-corrected chi connectivity index (χ1v) is 8.36. The highest BCUT2D eigenvalue weighted by Crippen LogP contribution is 2.36. The van der Waals surface area contributed by atoms with Crippen LogP contribution in [0.3, 0.4) is 0 Å². The predicted molar refractivity (Wildman–Crippen MR) is 90.7 cm³/mol. The molecule has 0 saturated heterocycles. The number of para-hydroxylation sites is 1. The Kier molecular flexibility index (Phi) is 5.12. The number of ether oxygens (including phenoxy) is 1. The van der Waals surface area contributed by atoms with Gasteiger partial charge in [0.15, 0.2) is 0 Å². The number of hydrogen-bond donors (Lipinski definition) is 1. The summed E-state index contributed by atoms with van der Waals surface area (Å²) in [5.41, 5.74) is 8.90. The van der Waals surface area contributed by atoms with Crippen LogP contribution in [-0.2, 0) is 6.61 Å². The summed E-state index contributed by atoms with van der Waals surface area (Å²) in [5.74, 6) is 1.53. The summed E-state index contributed by atoms with van der Waals surface area (Å²) in [6, 6.07) is 18.6. The molecule has 22 heavy (non-hydrogen) atoms. The summed E-state index contributed by atoms with van der Waals surface area (Å²) >= 11 is 0. The molecule has 1 aliphatic carbocycles. The molecule has 2 aromatic carbocycles. The van der Waals surface area contributed by atoms with E-state index in [1.165, 1.54) is 37.7 Å². The van der Waals surface area contributed by atoms with E-state index in [-0.39, 0.29) is 6.04 Å². The maximum Gasteiger partial charge on any atom is 0.124 e. The zero-order valence-electron chi connectivity index (χ0n) is 13.1. The van der Waals surface area contributed by atoms with Crippen LogP contribution in [0.1, 0.15) is 49.3 Å². The van der Waals surface area contributed by atoms with Gasteiger partial charge in [0.1, 0.15) is 12.4 Å². The van der Waals surface area contributed by atoms with Crippen molar-refractivity contribution in [1.82, 2.24) is 0 Å². The number of rotatable bonds is 5. The highest BCUT2D eigenvalue weighted by molar-refractivity contribution is 5.36. The fourth-order valence-electron chi connectivity index (χ4n) is 3.37. The maximum absolute atomic E-state index is 6.56. The third-order valence-corrected chi connectivity index (χ3v) is 4.67. The van der Waals surface area contributed by atoms with Crippen molar-refractivity contribution in [3.8, 4) is 5.75 Å². The Bertz CT molecular complexity index is 575. The van der Waals surface area contributed by atoms with Crippen molar-refractivity contribution in [2.75, 3.05) is 0 Å². The molecule has 0 amide bonds. The van der Waals surface area contributed by atoms with Crippen LogP contribution in [0, 0.1) is 5.92 Å². The molecule has 2 nitrogen and oxygen atoms in total. The predicted octanol–water partition coefficient (Wildman–Crippen LogP) is 4.85. The molecule has 0 heterocycles. The quantitative estimate of drug-likeness (QED) is 0.856. The van der Waals surface area contributed by atoms with E-state index in [0.29, 0.717) is 12.5 Å². The molecular formula is C20H25NO. The van der Waals surface area contributed by atoms with E-state index in [0.717, 1.165) is 11.3 Å². The minimum absolute atomic E-state index is 0.0901. The Balaban J connectivity index is 1.71. The van der Waals surface area contributed by atoms with Gasteiger partial charge in [-0.05, 0) is 30.4 Å². The Morgan fingerprint density at radius 2 is 1.59 bits per heavy atom. The van der Waals surface area contributed by atoms with Gasteiger partial charge in [-0.3, -0.25) is 0 Å². The topological polar surface area (TPSA) is 35.2 Å². The number of nitrogens with two attached hydrogens (primary N) is 1. The van der Waals surface area contributed by atoms with Gasteiger partial charge in [-0.1, -0.05) is 67.8 Å². The molecule has 116 valence electrons. The Morgan fingerprint density at radius 1 is 0.909 bits per heavy atom.